The summed E-state index contributed by atoms with van der Waals surface area (Å²) in [6.07, 6.45) is 0. The third kappa shape index (κ3) is 2.72. The average molecular weight is 231 g/mol. The molecule has 0 unspecified atom stereocenters. The van der Waals surface area contributed by atoms with Crippen LogP contribution in [0.5, 0.6) is 11.6 Å². The highest BCUT2D eigenvalue weighted by Crippen LogP contribution is 2.24. The number of hydrogen-bond donors (Lipinski definition) is 3. The molecule has 0 atom stereocenters. The molecule has 0 spiro atoms. The van der Waals surface area contributed by atoms with Crippen LogP contribution in [0.15, 0.2) is 42.5 Å². The van der Waals surface area contributed by atoms with E-state index in [1.807, 2.05) is 12.1 Å². The molecule has 0 amide bonds. The van der Waals surface area contributed by atoms with E-state index < -0.39 is 0 Å². The molecule has 1 heterocycles. The lowest BCUT2D eigenvalue weighted by Gasteiger charge is -2.09. The lowest BCUT2D eigenvalue weighted by molar-refractivity contribution is 0.276. The van der Waals surface area contributed by atoms with Gasteiger partial charge in [-0.25, -0.2) is 5.84 Å². The third-order valence-electron chi connectivity index (χ3n) is 2.23. The molecule has 1 aromatic carbocycles. The molecule has 0 aliphatic carbocycles. The number of aliphatic hydroxyl groups excluding tert-OH is 1. The Morgan fingerprint density at radius 2 is 2.00 bits per heavy atom. The van der Waals surface area contributed by atoms with Crippen molar-refractivity contribution in [2.75, 3.05) is 5.43 Å². The number of nitrogen functional groups attached to an aromatic ring is 1. The number of rotatable bonds is 4. The minimum atomic E-state index is -0.0784. The first-order valence-electron chi connectivity index (χ1n) is 5.14. The summed E-state index contributed by atoms with van der Waals surface area (Å²) in [7, 11) is 0. The predicted octanol–water partition coefficient (Wildman–Crippen LogP) is 1.65. The molecule has 4 N–H and O–H groups in total. The fourth-order valence-electron chi connectivity index (χ4n) is 1.40. The second-order valence-electron chi connectivity index (χ2n) is 3.37. The summed E-state index contributed by atoms with van der Waals surface area (Å²) < 4.78 is 5.58. The standard InChI is InChI=1S/C12H13N3O2/c13-15-11-6-3-7-12(14-11)17-10-5-2-1-4-9(10)8-16/h1-7,16H,8,13H2,(H,14,15). The van der Waals surface area contributed by atoms with Gasteiger partial charge in [-0.2, -0.15) is 4.98 Å². The van der Waals surface area contributed by atoms with Gasteiger partial charge >= 0.3 is 0 Å². The quantitative estimate of drug-likeness (QED) is 0.550. The molecule has 0 saturated carbocycles. The Hall–Kier alpha value is -2.11. The van der Waals surface area contributed by atoms with Gasteiger partial charge < -0.3 is 15.3 Å². The van der Waals surface area contributed by atoms with Crippen LogP contribution in [0, 0.1) is 0 Å². The first kappa shape index (κ1) is 11.4. The van der Waals surface area contributed by atoms with E-state index in [9.17, 15) is 0 Å². The molecule has 0 aliphatic heterocycles. The minimum Gasteiger partial charge on any atom is -0.439 e. The van der Waals surface area contributed by atoms with Crippen LogP contribution in [-0.2, 0) is 6.61 Å². The number of aliphatic hydroxyl groups is 1. The summed E-state index contributed by atoms with van der Waals surface area (Å²) in [6, 6.07) is 12.5. The Kier molecular flexibility index (Phi) is 3.54. The summed E-state index contributed by atoms with van der Waals surface area (Å²) in [5, 5.41) is 9.16. The molecule has 1 aromatic heterocycles. The van der Waals surface area contributed by atoms with Gasteiger partial charge in [0, 0.05) is 11.6 Å². The Bertz CT molecular complexity index is 503. The van der Waals surface area contributed by atoms with Crippen LogP contribution in [-0.4, -0.2) is 10.1 Å². The van der Waals surface area contributed by atoms with Crippen LogP contribution in [0.3, 0.4) is 0 Å². The molecule has 88 valence electrons. The highest BCUT2D eigenvalue weighted by Gasteiger charge is 2.04. The van der Waals surface area contributed by atoms with Crippen LogP contribution in [0.25, 0.3) is 0 Å². The topological polar surface area (TPSA) is 80.4 Å². The van der Waals surface area contributed by atoms with Crippen molar-refractivity contribution in [3.05, 3.63) is 48.0 Å². The molecule has 0 fully saturated rings. The van der Waals surface area contributed by atoms with Gasteiger partial charge in [0.25, 0.3) is 0 Å². The zero-order chi connectivity index (χ0) is 12.1. The summed E-state index contributed by atoms with van der Waals surface area (Å²) in [6.45, 7) is -0.0784. The third-order valence-corrected chi connectivity index (χ3v) is 2.23. The first-order chi connectivity index (χ1) is 8.33. The maximum atomic E-state index is 9.16. The smallest absolute Gasteiger partial charge is 0.221 e. The van der Waals surface area contributed by atoms with Crippen molar-refractivity contribution < 1.29 is 9.84 Å². The van der Waals surface area contributed by atoms with Gasteiger partial charge in [0.05, 0.1) is 6.61 Å². The van der Waals surface area contributed by atoms with E-state index in [-0.39, 0.29) is 6.61 Å². The van der Waals surface area contributed by atoms with E-state index >= 15 is 0 Å². The summed E-state index contributed by atoms with van der Waals surface area (Å²) in [5.41, 5.74) is 3.15. The molecular weight excluding hydrogens is 218 g/mol. The van der Waals surface area contributed by atoms with Crippen molar-refractivity contribution in [1.82, 2.24) is 4.98 Å². The van der Waals surface area contributed by atoms with Crippen LogP contribution in [0.4, 0.5) is 5.82 Å². The number of aromatic nitrogens is 1. The molecule has 17 heavy (non-hydrogen) atoms. The second kappa shape index (κ2) is 5.29. The number of hydrogen-bond acceptors (Lipinski definition) is 5. The van der Waals surface area contributed by atoms with Crippen molar-refractivity contribution in [2.45, 2.75) is 6.61 Å². The monoisotopic (exact) mass is 231 g/mol. The van der Waals surface area contributed by atoms with Gasteiger partial charge in [-0.3, -0.25) is 0 Å². The van der Waals surface area contributed by atoms with E-state index in [0.717, 1.165) is 0 Å². The van der Waals surface area contributed by atoms with E-state index in [4.69, 9.17) is 15.7 Å². The Morgan fingerprint density at radius 3 is 2.76 bits per heavy atom. The molecule has 2 rings (SSSR count). The van der Waals surface area contributed by atoms with Gasteiger partial charge in [-0.1, -0.05) is 24.3 Å². The number of ether oxygens (including phenoxy) is 1. The van der Waals surface area contributed by atoms with Crippen LogP contribution in [0.2, 0.25) is 0 Å². The zero-order valence-electron chi connectivity index (χ0n) is 9.13. The van der Waals surface area contributed by atoms with Crippen LogP contribution < -0.4 is 16.0 Å². The molecule has 0 aliphatic rings. The van der Waals surface area contributed by atoms with Gasteiger partial charge in [-0.15, -0.1) is 0 Å². The fraction of sp³-hybridized carbons (Fsp3) is 0.0833. The molecule has 0 saturated heterocycles. The lowest BCUT2D eigenvalue weighted by atomic mass is 10.2. The highest BCUT2D eigenvalue weighted by molar-refractivity contribution is 5.39. The van der Waals surface area contributed by atoms with Gasteiger partial charge in [0.1, 0.15) is 11.6 Å². The lowest BCUT2D eigenvalue weighted by Crippen LogP contribution is -2.08. The zero-order valence-corrected chi connectivity index (χ0v) is 9.13. The molecule has 0 radical (unpaired) electrons. The molecule has 2 aromatic rings. The van der Waals surface area contributed by atoms with Gasteiger partial charge in [0.2, 0.25) is 5.88 Å². The number of benzene rings is 1. The number of nitrogens with two attached hydrogens (primary N) is 1. The fourth-order valence-corrected chi connectivity index (χ4v) is 1.40. The number of nitrogens with zero attached hydrogens (tertiary/aromatic N) is 1. The number of hydrazine groups is 1. The minimum absolute atomic E-state index is 0.0784. The van der Waals surface area contributed by atoms with Crippen molar-refractivity contribution in [1.29, 1.82) is 0 Å². The highest BCUT2D eigenvalue weighted by atomic mass is 16.5. The van der Waals surface area contributed by atoms with Crippen molar-refractivity contribution in [2.24, 2.45) is 5.84 Å². The molecule has 5 nitrogen and oxygen atoms in total. The molecule has 0 bridgehead atoms. The van der Waals surface area contributed by atoms with Gasteiger partial charge in [0.15, 0.2) is 0 Å². The average Bonchev–Trinajstić information content (AvgIpc) is 2.39. The maximum absolute atomic E-state index is 9.16. The van der Waals surface area contributed by atoms with Crippen molar-refractivity contribution in [3.63, 3.8) is 0 Å². The maximum Gasteiger partial charge on any atom is 0.221 e. The second-order valence-corrected chi connectivity index (χ2v) is 3.37. The van der Waals surface area contributed by atoms with E-state index in [2.05, 4.69) is 10.4 Å². The van der Waals surface area contributed by atoms with Crippen molar-refractivity contribution >= 4 is 5.82 Å². The van der Waals surface area contributed by atoms with E-state index in [1.54, 1.807) is 30.3 Å². The summed E-state index contributed by atoms with van der Waals surface area (Å²) in [4.78, 5) is 4.12. The normalized spacial score (nSPS) is 10.0. The Labute approximate surface area is 98.8 Å². The number of anilines is 1. The summed E-state index contributed by atoms with van der Waals surface area (Å²) >= 11 is 0. The number of pyridine rings is 1. The largest absolute Gasteiger partial charge is 0.439 e. The van der Waals surface area contributed by atoms with E-state index in [0.29, 0.717) is 23.0 Å². The number of para-hydroxylation sites is 1. The van der Waals surface area contributed by atoms with E-state index in [1.165, 1.54) is 0 Å². The van der Waals surface area contributed by atoms with Crippen LogP contribution in [0.1, 0.15) is 5.56 Å². The Balaban J connectivity index is 2.24. The molecular formula is C12H13N3O2. The van der Waals surface area contributed by atoms with Crippen molar-refractivity contribution in [3.8, 4) is 11.6 Å². The summed E-state index contributed by atoms with van der Waals surface area (Å²) in [5.74, 6) is 6.78. The van der Waals surface area contributed by atoms with Gasteiger partial charge in [-0.05, 0) is 12.1 Å². The first-order valence-corrected chi connectivity index (χ1v) is 5.14. The number of nitrogens with one attached hydrogen (secondary N) is 1. The predicted molar refractivity (Wildman–Crippen MR) is 64.5 cm³/mol. The molecule has 5 heteroatoms. The SMILES string of the molecule is NNc1cccc(Oc2ccccc2CO)n1. The Morgan fingerprint density at radius 1 is 1.18 bits per heavy atom. The van der Waals surface area contributed by atoms with Crippen LogP contribution >= 0.6 is 0 Å².